The van der Waals surface area contributed by atoms with Gasteiger partial charge in [0.05, 0.1) is 10.7 Å². The first-order valence-corrected chi connectivity index (χ1v) is 7.01. The molecule has 2 nitrogen and oxygen atoms in total. The van der Waals surface area contributed by atoms with Crippen LogP contribution in [-0.4, -0.2) is 4.57 Å². The predicted molar refractivity (Wildman–Crippen MR) is 79.0 cm³/mol. The maximum atomic E-state index is 12.1. The lowest BCUT2D eigenvalue weighted by molar-refractivity contribution is 0.654. The molecule has 2 aromatic rings. The molecule has 98 valence electrons. The van der Waals surface area contributed by atoms with Gasteiger partial charge in [-0.3, -0.25) is 4.79 Å². The Hall–Kier alpha value is -1.54. The summed E-state index contributed by atoms with van der Waals surface area (Å²) in [6.07, 6.45) is 1.75. The van der Waals surface area contributed by atoms with E-state index in [-0.39, 0.29) is 5.56 Å². The van der Waals surface area contributed by atoms with E-state index < -0.39 is 0 Å². The molecule has 2 heterocycles. The summed E-state index contributed by atoms with van der Waals surface area (Å²) in [7, 11) is 0. The number of hydrogen-bond acceptors (Lipinski definition) is 1. The minimum Gasteiger partial charge on any atom is -0.308 e. The Labute approximate surface area is 117 Å². The van der Waals surface area contributed by atoms with Crippen molar-refractivity contribution >= 4 is 11.6 Å². The molecule has 0 bridgehead atoms. The number of aromatic nitrogens is 1. The van der Waals surface area contributed by atoms with Gasteiger partial charge in [0.1, 0.15) is 0 Å². The van der Waals surface area contributed by atoms with Gasteiger partial charge >= 0.3 is 0 Å². The van der Waals surface area contributed by atoms with E-state index in [1.54, 1.807) is 6.07 Å². The molecule has 3 heteroatoms. The minimum atomic E-state index is 0.00317. The fraction of sp³-hybridized carbons (Fsp3) is 0.312. The molecule has 1 aliphatic heterocycles. The smallest absolute Gasteiger partial charge is 0.252 e. The van der Waals surface area contributed by atoms with E-state index in [9.17, 15) is 4.79 Å². The van der Waals surface area contributed by atoms with E-state index in [4.69, 9.17) is 11.6 Å². The molecule has 3 rings (SSSR count). The zero-order chi connectivity index (χ0) is 13.6. The zero-order valence-electron chi connectivity index (χ0n) is 11.2. The quantitative estimate of drug-likeness (QED) is 0.778. The number of hydrogen-bond donors (Lipinski definition) is 0. The molecule has 0 unspecified atom stereocenters. The normalized spacial score (nSPS) is 13.0. The molecular weight excluding hydrogens is 258 g/mol. The number of aryl methyl sites for hydroxylation is 2. The molecule has 0 fully saturated rings. The molecule has 0 saturated heterocycles. The van der Waals surface area contributed by atoms with Gasteiger partial charge in [-0.15, -0.1) is 0 Å². The Morgan fingerprint density at radius 2 is 2.11 bits per heavy atom. The second kappa shape index (κ2) is 4.53. The van der Waals surface area contributed by atoms with E-state index in [2.05, 4.69) is 32.0 Å². The lowest BCUT2D eigenvalue weighted by Crippen LogP contribution is -2.27. The molecule has 0 N–H and O–H groups in total. The highest BCUT2D eigenvalue weighted by atomic mass is 35.5. The van der Waals surface area contributed by atoms with Crippen molar-refractivity contribution in [3.8, 4) is 11.3 Å². The average molecular weight is 274 g/mol. The number of fused-ring (bicyclic) bond motifs is 3. The third-order valence-corrected chi connectivity index (χ3v) is 4.17. The Morgan fingerprint density at radius 1 is 1.32 bits per heavy atom. The average Bonchev–Trinajstić information content (AvgIpc) is 2.38. The van der Waals surface area contributed by atoms with Crippen LogP contribution in [0.5, 0.6) is 0 Å². The lowest BCUT2D eigenvalue weighted by Gasteiger charge is -2.25. The maximum absolute atomic E-state index is 12.1. The second-order valence-electron chi connectivity index (χ2n) is 5.07. The van der Waals surface area contributed by atoms with Gasteiger partial charge in [-0.25, -0.2) is 0 Å². The third kappa shape index (κ3) is 1.91. The second-order valence-corrected chi connectivity index (χ2v) is 5.48. The highest BCUT2D eigenvalue weighted by molar-refractivity contribution is 6.31. The topological polar surface area (TPSA) is 22.0 Å². The highest BCUT2D eigenvalue weighted by Gasteiger charge is 2.21. The van der Waals surface area contributed by atoms with Crippen molar-refractivity contribution in [1.29, 1.82) is 0 Å². The number of rotatable bonds is 1. The summed E-state index contributed by atoms with van der Waals surface area (Å²) in [5.74, 6) is 0. The Morgan fingerprint density at radius 3 is 2.84 bits per heavy atom. The van der Waals surface area contributed by atoms with Gasteiger partial charge in [0.25, 0.3) is 5.56 Å². The van der Waals surface area contributed by atoms with E-state index in [0.29, 0.717) is 5.02 Å². The van der Waals surface area contributed by atoms with Crippen LogP contribution in [0.25, 0.3) is 11.3 Å². The van der Waals surface area contributed by atoms with Crippen LogP contribution < -0.4 is 5.56 Å². The van der Waals surface area contributed by atoms with Crippen molar-refractivity contribution in [2.45, 2.75) is 33.2 Å². The van der Waals surface area contributed by atoms with Crippen LogP contribution in [0.3, 0.4) is 0 Å². The van der Waals surface area contributed by atoms with E-state index in [1.165, 1.54) is 11.1 Å². The zero-order valence-corrected chi connectivity index (χ0v) is 11.9. The molecule has 0 atom stereocenters. The fourth-order valence-electron chi connectivity index (χ4n) is 2.92. The van der Waals surface area contributed by atoms with Crippen molar-refractivity contribution in [2.24, 2.45) is 0 Å². The van der Waals surface area contributed by atoms with Crippen molar-refractivity contribution in [3.05, 3.63) is 56.3 Å². The van der Waals surface area contributed by atoms with Crippen molar-refractivity contribution in [2.75, 3.05) is 0 Å². The predicted octanol–water partition coefficient (Wildman–Crippen LogP) is 3.60. The monoisotopic (exact) mass is 273 g/mol. The van der Waals surface area contributed by atoms with Crippen LogP contribution in [0.15, 0.2) is 29.1 Å². The van der Waals surface area contributed by atoms with Gasteiger partial charge in [0.15, 0.2) is 0 Å². The summed E-state index contributed by atoms with van der Waals surface area (Å²) in [6, 6.07) is 7.97. The first kappa shape index (κ1) is 12.5. The number of nitrogens with zero attached hydrogens (tertiary/aromatic N) is 1. The highest BCUT2D eigenvalue weighted by Crippen LogP contribution is 2.34. The largest absolute Gasteiger partial charge is 0.308 e. The molecule has 19 heavy (non-hydrogen) atoms. The van der Waals surface area contributed by atoms with E-state index in [1.807, 2.05) is 4.57 Å². The summed E-state index contributed by atoms with van der Waals surface area (Å²) in [6.45, 7) is 4.92. The lowest BCUT2D eigenvalue weighted by atomic mass is 9.92. The molecule has 0 saturated carbocycles. The Kier molecular flexibility index (Phi) is 2.98. The van der Waals surface area contributed by atoms with Crippen LogP contribution in [0.1, 0.15) is 23.6 Å². The molecule has 0 spiro atoms. The molecule has 0 aliphatic carbocycles. The molecule has 0 radical (unpaired) electrons. The standard InChI is InChI=1S/C16H16ClNO/c1-3-12-14(17)9-15(19)18-7-6-11-8-10(2)4-5-13(11)16(12)18/h4-5,8-9H,3,6-7H2,1-2H3. The molecule has 1 aromatic heterocycles. The van der Waals surface area contributed by atoms with Gasteiger partial charge in [-0.05, 0) is 30.9 Å². The molecule has 0 amide bonds. The Bertz CT molecular complexity index is 715. The third-order valence-electron chi connectivity index (χ3n) is 3.83. The summed E-state index contributed by atoms with van der Waals surface area (Å²) in [4.78, 5) is 12.1. The molecule has 1 aliphatic rings. The van der Waals surface area contributed by atoms with E-state index in [0.717, 1.165) is 36.2 Å². The summed E-state index contributed by atoms with van der Waals surface area (Å²) < 4.78 is 1.86. The summed E-state index contributed by atoms with van der Waals surface area (Å²) >= 11 is 6.25. The van der Waals surface area contributed by atoms with Crippen molar-refractivity contribution < 1.29 is 0 Å². The first-order chi connectivity index (χ1) is 9.11. The van der Waals surface area contributed by atoms with Gasteiger partial charge in [0, 0.05) is 18.2 Å². The summed E-state index contributed by atoms with van der Waals surface area (Å²) in [5, 5.41) is 0.590. The maximum Gasteiger partial charge on any atom is 0.252 e. The first-order valence-electron chi connectivity index (χ1n) is 6.64. The fourth-order valence-corrected chi connectivity index (χ4v) is 3.24. The molecular formula is C16H16ClNO. The van der Waals surface area contributed by atoms with Gasteiger partial charge in [-0.2, -0.15) is 0 Å². The van der Waals surface area contributed by atoms with Crippen LogP contribution in [0, 0.1) is 6.92 Å². The van der Waals surface area contributed by atoms with Crippen LogP contribution in [0.4, 0.5) is 0 Å². The Balaban J connectivity index is 2.39. The van der Waals surface area contributed by atoms with Crippen molar-refractivity contribution in [3.63, 3.8) is 0 Å². The number of pyridine rings is 1. The van der Waals surface area contributed by atoms with Gasteiger partial charge in [-0.1, -0.05) is 42.3 Å². The number of benzene rings is 1. The van der Waals surface area contributed by atoms with E-state index >= 15 is 0 Å². The van der Waals surface area contributed by atoms with Crippen LogP contribution in [-0.2, 0) is 19.4 Å². The summed E-state index contributed by atoms with van der Waals surface area (Å²) in [5.41, 5.74) is 5.83. The van der Waals surface area contributed by atoms with Crippen LogP contribution in [0.2, 0.25) is 5.02 Å². The van der Waals surface area contributed by atoms with Crippen molar-refractivity contribution in [1.82, 2.24) is 4.57 Å². The van der Waals surface area contributed by atoms with Crippen LogP contribution >= 0.6 is 11.6 Å². The van der Waals surface area contributed by atoms with Gasteiger partial charge in [0.2, 0.25) is 0 Å². The SMILES string of the molecule is CCc1c(Cl)cc(=O)n2c1-c1ccc(C)cc1CC2. The molecule has 1 aromatic carbocycles. The number of halogens is 1. The minimum absolute atomic E-state index is 0.00317. The van der Waals surface area contributed by atoms with Gasteiger partial charge < -0.3 is 4.57 Å².